The van der Waals surface area contributed by atoms with Gasteiger partial charge in [-0.05, 0) is 36.4 Å². The van der Waals surface area contributed by atoms with Crippen LogP contribution in [0, 0.1) is 11.3 Å². The summed E-state index contributed by atoms with van der Waals surface area (Å²) in [6.07, 6.45) is 1.55. The highest BCUT2D eigenvalue weighted by atomic mass is 16.1. The van der Waals surface area contributed by atoms with Crippen molar-refractivity contribution in [2.24, 2.45) is 0 Å². The Labute approximate surface area is 104 Å². The average Bonchev–Trinajstić information content (AvgIpc) is 2.41. The molecule has 1 aromatic heterocycles. The van der Waals surface area contributed by atoms with E-state index in [1.807, 2.05) is 6.07 Å². The standard InChI is InChI=1S/C13H10N4O/c14-8-9-3-5-10(6-4-9)13(18)17-12-11(15)2-1-7-16-12/h1-7H,15H2,(H,16,17,18). The fourth-order valence-corrected chi connectivity index (χ4v) is 1.40. The molecule has 3 N–H and O–H groups in total. The molecule has 5 heteroatoms. The second-order valence-electron chi connectivity index (χ2n) is 3.58. The number of hydrogen-bond donors (Lipinski definition) is 2. The van der Waals surface area contributed by atoms with Crippen LogP contribution in [0.3, 0.4) is 0 Å². The van der Waals surface area contributed by atoms with Crippen molar-refractivity contribution < 1.29 is 4.79 Å². The van der Waals surface area contributed by atoms with E-state index in [0.717, 1.165) is 0 Å². The van der Waals surface area contributed by atoms with E-state index >= 15 is 0 Å². The summed E-state index contributed by atoms with van der Waals surface area (Å²) in [7, 11) is 0. The second kappa shape index (κ2) is 4.97. The van der Waals surface area contributed by atoms with E-state index in [1.165, 1.54) is 0 Å². The first-order valence-corrected chi connectivity index (χ1v) is 5.22. The van der Waals surface area contributed by atoms with Crippen LogP contribution in [-0.2, 0) is 0 Å². The first-order chi connectivity index (χ1) is 8.70. The van der Waals surface area contributed by atoms with Crippen molar-refractivity contribution >= 4 is 17.4 Å². The Hall–Kier alpha value is -2.87. The number of nitrogens with zero attached hydrogens (tertiary/aromatic N) is 2. The van der Waals surface area contributed by atoms with Crippen LogP contribution in [0.15, 0.2) is 42.6 Å². The molecule has 0 aliphatic carbocycles. The number of nitrogens with two attached hydrogens (primary N) is 1. The highest BCUT2D eigenvalue weighted by molar-refractivity contribution is 6.05. The maximum atomic E-state index is 11.9. The second-order valence-corrected chi connectivity index (χ2v) is 3.58. The molecule has 1 heterocycles. The minimum atomic E-state index is -0.315. The largest absolute Gasteiger partial charge is 0.396 e. The monoisotopic (exact) mass is 238 g/mol. The molecule has 0 atom stereocenters. The van der Waals surface area contributed by atoms with Crippen molar-refractivity contribution in [3.8, 4) is 6.07 Å². The molecule has 0 unspecified atom stereocenters. The predicted molar refractivity (Wildman–Crippen MR) is 67.8 cm³/mol. The molecule has 1 amide bonds. The van der Waals surface area contributed by atoms with Crippen molar-refractivity contribution in [2.45, 2.75) is 0 Å². The van der Waals surface area contributed by atoms with E-state index in [9.17, 15) is 4.79 Å². The number of rotatable bonds is 2. The van der Waals surface area contributed by atoms with Crippen LogP contribution in [0.2, 0.25) is 0 Å². The third-order valence-electron chi connectivity index (χ3n) is 2.35. The molecular formula is C13H10N4O. The van der Waals surface area contributed by atoms with Crippen LogP contribution in [-0.4, -0.2) is 10.9 Å². The Balaban J connectivity index is 2.17. The van der Waals surface area contributed by atoms with Crippen LogP contribution in [0.1, 0.15) is 15.9 Å². The number of nitrogen functional groups attached to an aromatic ring is 1. The molecule has 5 nitrogen and oxygen atoms in total. The van der Waals surface area contributed by atoms with E-state index < -0.39 is 0 Å². The Kier molecular flexibility index (Phi) is 3.21. The Morgan fingerprint density at radius 2 is 2.00 bits per heavy atom. The number of hydrogen-bond acceptors (Lipinski definition) is 4. The zero-order valence-electron chi connectivity index (χ0n) is 9.42. The Morgan fingerprint density at radius 3 is 2.61 bits per heavy atom. The number of amides is 1. The van der Waals surface area contributed by atoms with Gasteiger partial charge in [0.15, 0.2) is 5.82 Å². The number of nitriles is 1. The molecule has 0 radical (unpaired) electrons. The molecular weight excluding hydrogens is 228 g/mol. The number of nitrogens with one attached hydrogen (secondary N) is 1. The normalized spacial score (nSPS) is 9.50. The third-order valence-corrected chi connectivity index (χ3v) is 2.35. The van der Waals surface area contributed by atoms with Gasteiger partial charge < -0.3 is 11.1 Å². The van der Waals surface area contributed by atoms with Crippen molar-refractivity contribution in [3.05, 3.63) is 53.7 Å². The van der Waals surface area contributed by atoms with Crippen molar-refractivity contribution in [1.29, 1.82) is 5.26 Å². The van der Waals surface area contributed by atoms with Crippen molar-refractivity contribution in [1.82, 2.24) is 4.98 Å². The van der Waals surface area contributed by atoms with Gasteiger partial charge in [0.1, 0.15) is 0 Å². The molecule has 0 fully saturated rings. The summed E-state index contributed by atoms with van der Waals surface area (Å²) in [5.41, 5.74) is 7.02. The number of carbonyl (C=O) groups excluding carboxylic acids is 1. The molecule has 18 heavy (non-hydrogen) atoms. The fourth-order valence-electron chi connectivity index (χ4n) is 1.40. The van der Waals surface area contributed by atoms with Gasteiger partial charge in [0, 0.05) is 11.8 Å². The predicted octanol–water partition coefficient (Wildman–Crippen LogP) is 1.79. The SMILES string of the molecule is N#Cc1ccc(C(=O)Nc2ncccc2N)cc1. The van der Waals surface area contributed by atoms with Crippen LogP contribution < -0.4 is 11.1 Å². The van der Waals surface area contributed by atoms with E-state index in [1.54, 1.807) is 42.6 Å². The van der Waals surface area contributed by atoms with Gasteiger partial charge >= 0.3 is 0 Å². The lowest BCUT2D eigenvalue weighted by Gasteiger charge is -2.06. The lowest BCUT2D eigenvalue weighted by Crippen LogP contribution is -2.14. The van der Waals surface area contributed by atoms with Gasteiger partial charge in [-0.25, -0.2) is 4.98 Å². The molecule has 0 aliphatic rings. The minimum Gasteiger partial charge on any atom is -0.396 e. The van der Waals surface area contributed by atoms with E-state index in [2.05, 4.69) is 10.3 Å². The third kappa shape index (κ3) is 2.44. The van der Waals surface area contributed by atoms with Crippen molar-refractivity contribution in [2.75, 3.05) is 11.1 Å². The molecule has 0 saturated carbocycles. The molecule has 0 bridgehead atoms. The first-order valence-electron chi connectivity index (χ1n) is 5.22. The van der Waals surface area contributed by atoms with Gasteiger partial charge in [-0.15, -0.1) is 0 Å². The average molecular weight is 238 g/mol. The zero-order valence-corrected chi connectivity index (χ0v) is 9.42. The molecule has 2 rings (SSSR count). The minimum absolute atomic E-state index is 0.315. The van der Waals surface area contributed by atoms with Gasteiger partial charge in [0.25, 0.3) is 5.91 Å². The number of benzene rings is 1. The fraction of sp³-hybridized carbons (Fsp3) is 0. The molecule has 0 spiro atoms. The van der Waals surface area contributed by atoms with Gasteiger partial charge in [-0.2, -0.15) is 5.26 Å². The Morgan fingerprint density at radius 1 is 1.28 bits per heavy atom. The molecule has 1 aromatic carbocycles. The van der Waals surface area contributed by atoms with Crippen molar-refractivity contribution in [3.63, 3.8) is 0 Å². The maximum Gasteiger partial charge on any atom is 0.256 e. The molecule has 2 aromatic rings. The number of aromatic nitrogens is 1. The summed E-state index contributed by atoms with van der Waals surface area (Å²) in [6, 6.07) is 11.6. The van der Waals surface area contributed by atoms with E-state index in [4.69, 9.17) is 11.0 Å². The number of anilines is 2. The quantitative estimate of drug-likeness (QED) is 0.834. The smallest absolute Gasteiger partial charge is 0.256 e. The highest BCUT2D eigenvalue weighted by Crippen LogP contribution is 2.14. The summed E-state index contributed by atoms with van der Waals surface area (Å²) in [5.74, 6) is 0.0109. The van der Waals surface area contributed by atoms with E-state index in [0.29, 0.717) is 22.6 Å². The van der Waals surface area contributed by atoms with Crippen LogP contribution in [0.5, 0.6) is 0 Å². The van der Waals surface area contributed by atoms with Gasteiger partial charge in [-0.1, -0.05) is 0 Å². The van der Waals surface area contributed by atoms with Gasteiger partial charge in [-0.3, -0.25) is 4.79 Å². The summed E-state index contributed by atoms with van der Waals surface area (Å²) < 4.78 is 0. The summed E-state index contributed by atoms with van der Waals surface area (Å²) >= 11 is 0. The van der Waals surface area contributed by atoms with Gasteiger partial charge in [0.2, 0.25) is 0 Å². The topological polar surface area (TPSA) is 91.8 Å². The summed E-state index contributed by atoms with van der Waals surface area (Å²) in [6.45, 7) is 0. The molecule has 0 saturated heterocycles. The summed E-state index contributed by atoms with van der Waals surface area (Å²) in [5, 5.41) is 11.3. The van der Waals surface area contributed by atoms with Crippen LogP contribution in [0.25, 0.3) is 0 Å². The highest BCUT2D eigenvalue weighted by Gasteiger charge is 2.08. The van der Waals surface area contributed by atoms with Crippen LogP contribution >= 0.6 is 0 Å². The van der Waals surface area contributed by atoms with Crippen LogP contribution in [0.4, 0.5) is 11.5 Å². The lowest BCUT2D eigenvalue weighted by atomic mass is 10.1. The first kappa shape index (κ1) is 11.6. The lowest BCUT2D eigenvalue weighted by molar-refractivity contribution is 0.102. The summed E-state index contributed by atoms with van der Waals surface area (Å²) in [4.78, 5) is 15.8. The molecule has 0 aliphatic heterocycles. The number of pyridine rings is 1. The molecule has 88 valence electrons. The number of carbonyl (C=O) groups is 1. The van der Waals surface area contributed by atoms with Gasteiger partial charge in [0.05, 0.1) is 17.3 Å². The van der Waals surface area contributed by atoms with E-state index in [-0.39, 0.29) is 5.91 Å². The Bertz CT molecular complexity index is 614. The maximum absolute atomic E-state index is 11.9. The zero-order chi connectivity index (χ0) is 13.0.